The number of benzene rings is 1. The van der Waals surface area contributed by atoms with Gasteiger partial charge in [0, 0.05) is 7.05 Å². The van der Waals surface area contributed by atoms with Gasteiger partial charge in [0.15, 0.2) is 0 Å². The van der Waals surface area contributed by atoms with E-state index in [2.05, 4.69) is 41.3 Å². The van der Waals surface area contributed by atoms with Crippen LogP contribution >= 0.6 is 0 Å². The third kappa shape index (κ3) is 1.26. The number of imidazole rings is 1. The largest absolute Gasteiger partial charge is 0.359 e. The zero-order chi connectivity index (χ0) is 9.42. The molecule has 3 nitrogen and oxygen atoms in total. The van der Waals surface area contributed by atoms with E-state index in [9.17, 15) is 0 Å². The molecule has 0 aliphatic heterocycles. The summed E-state index contributed by atoms with van der Waals surface area (Å²) in [6, 6.07) is 4.22. The van der Waals surface area contributed by atoms with Crippen molar-refractivity contribution in [3.05, 3.63) is 23.3 Å². The second kappa shape index (κ2) is 2.76. The molecule has 1 aromatic carbocycles. The van der Waals surface area contributed by atoms with Gasteiger partial charge in [0.05, 0.1) is 11.0 Å². The van der Waals surface area contributed by atoms with Crippen molar-refractivity contribution in [2.24, 2.45) is 0 Å². The van der Waals surface area contributed by atoms with Gasteiger partial charge in [0.25, 0.3) is 0 Å². The van der Waals surface area contributed by atoms with Gasteiger partial charge < -0.3 is 10.3 Å². The van der Waals surface area contributed by atoms with Gasteiger partial charge in [-0.05, 0) is 37.1 Å². The van der Waals surface area contributed by atoms with E-state index in [-0.39, 0.29) is 0 Å². The Bertz CT molecular complexity index is 404. The fourth-order valence-electron chi connectivity index (χ4n) is 1.39. The Morgan fingerprint density at radius 3 is 2.62 bits per heavy atom. The summed E-state index contributed by atoms with van der Waals surface area (Å²) in [4.78, 5) is 7.56. The van der Waals surface area contributed by atoms with E-state index in [4.69, 9.17) is 0 Å². The predicted octanol–water partition coefficient (Wildman–Crippen LogP) is 2.22. The molecule has 0 radical (unpaired) electrons. The Morgan fingerprint density at radius 2 is 1.92 bits per heavy atom. The fourth-order valence-corrected chi connectivity index (χ4v) is 1.39. The Labute approximate surface area is 77.2 Å². The van der Waals surface area contributed by atoms with Crippen molar-refractivity contribution < 1.29 is 0 Å². The molecule has 0 atom stereocenters. The number of hydrogen-bond donors (Lipinski definition) is 2. The number of hydrogen-bond acceptors (Lipinski definition) is 2. The predicted molar refractivity (Wildman–Crippen MR) is 55.1 cm³/mol. The highest BCUT2D eigenvalue weighted by Gasteiger charge is 2.02. The second-order valence-electron chi connectivity index (χ2n) is 3.29. The summed E-state index contributed by atoms with van der Waals surface area (Å²) in [6.45, 7) is 4.21. The number of aromatic amines is 1. The van der Waals surface area contributed by atoms with Gasteiger partial charge in [-0.3, -0.25) is 0 Å². The molecule has 0 spiro atoms. The first-order valence-electron chi connectivity index (χ1n) is 4.35. The maximum Gasteiger partial charge on any atom is 0.200 e. The molecule has 0 aliphatic carbocycles. The molecule has 0 saturated carbocycles. The molecule has 2 aromatic rings. The van der Waals surface area contributed by atoms with Gasteiger partial charge in [-0.1, -0.05) is 0 Å². The molecule has 3 heteroatoms. The highest BCUT2D eigenvalue weighted by molar-refractivity contribution is 5.79. The first-order chi connectivity index (χ1) is 6.20. The summed E-state index contributed by atoms with van der Waals surface area (Å²) in [5.74, 6) is 0.819. The molecular weight excluding hydrogens is 162 g/mol. The minimum atomic E-state index is 0.819. The summed E-state index contributed by atoms with van der Waals surface area (Å²) >= 11 is 0. The van der Waals surface area contributed by atoms with Crippen LogP contribution in [0, 0.1) is 13.8 Å². The van der Waals surface area contributed by atoms with Crippen molar-refractivity contribution in [3.8, 4) is 0 Å². The molecule has 2 N–H and O–H groups in total. The first kappa shape index (κ1) is 8.10. The van der Waals surface area contributed by atoms with Crippen molar-refractivity contribution >= 4 is 17.0 Å². The zero-order valence-electron chi connectivity index (χ0n) is 8.10. The lowest BCUT2D eigenvalue weighted by Crippen LogP contribution is -1.88. The maximum absolute atomic E-state index is 4.37. The van der Waals surface area contributed by atoms with Gasteiger partial charge in [-0.2, -0.15) is 0 Å². The van der Waals surface area contributed by atoms with E-state index in [1.165, 1.54) is 11.1 Å². The standard InChI is InChI=1S/C10H13N3/c1-6-4-8-9(5-7(6)2)13-10(11-3)12-8/h4-5H,1-3H3,(H2,11,12,13). The van der Waals surface area contributed by atoms with Gasteiger partial charge in [0.1, 0.15) is 0 Å². The minimum Gasteiger partial charge on any atom is -0.359 e. The lowest BCUT2D eigenvalue weighted by Gasteiger charge is -1.97. The third-order valence-electron chi connectivity index (χ3n) is 2.33. The van der Waals surface area contributed by atoms with Crippen LogP contribution in [0.4, 0.5) is 5.95 Å². The van der Waals surface area contributed by atoms with Crippen LogP contribution in [0.25, 0.3) is 11.0 Å². The maximum atomic E-state index is 4.37. The number of nitrogens with one attached hydrogen (secondary N) is 2. The van der Waals surface area contributed by atoms with Gasteiger partial charge >= 0.3 is 0 Å². The van der Waals surface area contributed by atoms with Crippen LogP contribution in [-0.4, -0.2) is 17.0 Å². The van der Waals surface area contributed by atoms with Crippen LogP contribution in [0.1, 0.15) is 11.1 Å². The first-order valence-corrected chi connectivity index (χ1v) is 4.35. The lowest BCUT2D eigenvalue weighted by atomic mass is 10.1. The molecular formula is C10H13N3. The quantitative estimate of drug-likeness (QED) is 0.697. The third-order valence-corrected chi connectivity index (χ3v) is 2.33. The van der Waals surface area contributed by atoms with Gasteiger partial charge in [-0.25, -0.2) is 4.98 Å². The van der Waals surface area contributed by atoms with Gasteiger partial charge in [0.2, 0.25) is 5.95 Å². The highest BCUT2D eigenvalue weighted by atomic mass is 15.1. The number of aromatic nitrogens is 2. The average molecular weight is 175 g/mol. The molecule has 0 unspecified atom stereocenters. The second-order valence-corrected chi connectivity index (χ2v) is 3.29. The zero-order valence-corrected chi connectivity index (χ0v) is 8.10. The van der Waals surface area contributed by atoms with E-state index in [1.54, 1.807) is 0 Å². The Hall–Kier alpha value is -1.51. The summed E-state index contributed by atoms with van der Waals surface area (Å²) < 4.78 is 0. The number of rotatable bonds is 1. The number of fused-ring (bicyclic) bond motifs is 1. The topological polar surface area (TPSA) is 40.7 Å². The van der Waals surface area contributed by atoms with Crippen LogP contribution in [0.3, 0.4) is 0 Å². The summed E-state index contributed by atoms with van der Waals surface area (Å²) in [7, 11) is 1.86. The number of anilines is 1. The van der Waals surface area contributed by atoms with E-state index in [0.29, 0.717) is 0 Å². The Kier molecular flexibility index (Phi) is 1.72. The summed E-state index contributed by atoms with van der Waals surface area (Å²) in [5, 5.41) is 2.99. The number of H-pyrrole nitrogens is 1. The van der Waals surface area contributed by atoms with Crippen LogP contribution in [-0.2, 0) is 0 Å². The monoisotopic (exact) mass is 175 g/mol. The van der Waals surface area contributed by atoms with E-state index >= 15 is 0 Å². The molecule has 2 rings (SSSR count). The average Bonchev–Trinajstić information content (AvgIpc) is 2.48. The number of nitrogens with zero attached hydrogens (tertiary/aromatic N) is 1. The molecule has 13 heavy (non-hydrogen) atoms. The van der Waals surface area contributed by atoms with Crippen LogP contribution < -0.4 is 5.32 Å². The molecule has 0 saturated heterocycles. The summed E-state index contributed by atoms with van der Waals surface area (Å²) in [6.07, 6.45) is 0. The smallest absolute Gasteiger partial charge is 0.200 e. The molecule has 0 amide bonds. The van der Waals surface area contributed by atoms with Crippen LogP contribution in [0.2, 0.25) is 0 Å². The van der Waals surface area contributed by atoms with Crippen LogP contribution in [0.5, 0.6) is 0 Å². The van der Waals surface area contributed by atoms with E-state index in [0.717, 1.165) is 17.0 Å². The number of aryl methyl sites for hydroxylation is 2. The minimum absolute atomic E-state index is 0.819. The molecule has 0 bridgehead atoms. The van der Waals surface area contributed by atoms with E-state index in [1.807, 2.05) is 7.05 Å². The Balaban J connectivity index is 2.70. The van der Waals surface area contributed by atoms with Crippen molar-refractivity contribution in [1.29, 1.82) is 0 Å². The molecule has 1 heterocycles. The van der Waals surface area contributed by atoms with Crippen molar-refractivity contribution in [2.75, 3.05) is 12.4 Å². The van der Waals surface area contributed by atoms with Gasteiger partial charge in [-0.15, -0.1) is 0 Å². The molecule has 1 aromatic heterocycles. The lowest BCUT2D eigenvalue weighted by molar-refractivity contribution is 1.28. The Morgan fingerprint density at radius 1 is 1.23 bits per heavy atom. The molecule has 0 fully saturated rings. The highest BCUT2D eigenvalue weighted by Crippen LogP contribution is 2.18. The SMILES string of the molecule is CNc1nc2cc(C)c(C)cc2[nH]1. The molecule has 0 aliphatic rings. The summed E-state index contributed by atoms with van der Waals surface area (Å²) in [5.41, 5.74) is 4.68. The molecule has 68 valence electrons. The normalized spacial score (nSPS) is 10.7. The van der Waals surface area contributed by atoms with Crippen molar-refractivity contribution in [1.82, 2.24) is 9.97 Å². The van der Waals surface area contributed by atoms with Crippen molar-refractivity contribution in [3.63, 3.8) is 0 Å². The fraction of sp³-hybridized carbons (Fsp3) is 0.300. The van der Waals surface area contributed by atoms with Crippen LogP contribution in [0.15, 0.2) is 12.1 Å². The van der Waals surface area contributed by atoms with Crippen molar-refractivity contribution in [2.45, 2.75) is 13.8 Å². The van der Waals surface area contributed by atoms with E-state index < -0.39 is 0 Å².